The van der Waals surface area contributed by atoms with Gasteiger partial charge in [-0.1, -0.05) is 49.4 Å². The van der Waals surface area contributed by atoms with E-state index < -0.39 is 10.8 Å². The number of rotatable bonds is 0. The summed E-state index contributed by atoms with van der Waals surface area (Å²) < 4.78 is 12.3. The van der Waals surface area contributed by atoms with E-state index in [1.165, 1.54) is 16.7 Å². The van der Waals surface area contributed by atoms with Crippen LogP contribution in [-0.2, 0) is 16.6 Å². The molecule has 1 heterocycles. The van der Waals surface area contributed by atoms with Gasteiger partial charge in [-0.3, -0.25) is 4.21 Å². The molecule has 2 atom stereocenters. The van der Waals surface area contributed by atoms with E-state index in [-0.39, 0.29) is 0 Å². The molecule has 0 saturated heterocycles. The van der Waals surface area contributed by atoms with Gasteiger partial charge in [-0.15, -0.1) is 0 Å². The minimum absolute atomic E-state index is 0.328. The molecule has 1 aliphatic rings. The summed E-state index contributed by atoms with van der Waals surface area (Å²) in [7, 11) is -0.915. The van der Waals surface area contributed by atoms with Gasteiger partial charge in [-0.2, -0.15) is 0 Å². The molecule has 0 fully saturated rings. The van der Waals surface area contributed by atoms with E-state index in [0.29, 0.717) is 11.7 Å². The van der Waals surface area contributed by atoms with Crippen molar-refractivity contribution in [3.8, 4) is 0 Å². The molecule has 0 spiro atoms. The highest BCUT2D eigenvalue weighted by atomic mass is 32.2. The van der Waals surface area contributed by atoms with Gasteiger partial charge in [0.25, 0.3) is 0 Å². The highest BCUT2D eigenvalue weighted by molar-refractivity contribution is 7.84. The van der Waals surface area contributed by atoms with Crippen LogP contribution in [0, 0.1) is 0 Å². The number of hydrogen-bond acceptors (Lipinski definition) is 1. The third kappa shape index (κ3) is 1.73. The lowest BCUT2D eigenvalue weighted by atomic mass is 9.90. The first-order valence-corrected chi connectivity index (χ1v) is 7.14. The second kappa shape index (κ2) is 4.11. The largest absolute Gasteiger partial charge is 0.254 e. The molecule has 0 saturated carbocycles. The average Bonchev–Trinajstić information content (AvgIpc) is 2.48. The highest BCUT2D eigenvalue weighted by Gasteiger charge is 2.23. The van der Waals surface area contributed by atoms with Gasteiger partial charge in [0.2, 0.25) is 0 Å². The molecule has 1 nitrogen and oxygen atoms in total. The maximum absolute atomic E-state index is 12.3. The Hall–Kier alpha value is -1.41. The Balaban J connectivity index is 2.26. The van der Waals surface area contributed by atoms with Crippen LogP contribution in [-0.4, -0.2) is 4.21 Å². The van der Waals surface area contributed by atoms with Crippen molar-refractivity contribution < 1.29 is 4.21 Å². The molecule has 0 bridgehead atoms. The van der Waals surface area contributed by atoms with Gasteiger partial charge in [-0.25, -0.2) is 0 Å². The topological polar surface area (TPSA) is 17.1 Å². The Bertz CT molecular complexity index is 589. The van der Waals surface area contributed by atoms with Crippen LogP contribution in [0.1, 0.15) is 29.5 Å². The van der Waals surface area contributed by atoms with Crippen LogP contribution in [0.15, 0.2) is 53.4 Å². The van der Waals surface area contributed by atoms with Crippen LogP contribution < -0.4 is 0 Å². The molecule has 0 amide bonds. The quantitative estimate of drug-likeness (QED) is 0.691. The summed E-state index contributed by atoms with van der Waals surface area (Å²) in [6.07, 6.45) is 0. The molecule has 0 aromatic heterocycles. The Labute approximate surface area is 104 Å². The van der Waals surface area contributed by atoms with Crippen molar-refractivity contribution >= 4 is 10.8 Å². The van der Waals surface area contributed by atoms with Crippen molar-refractivity contribution in [2.45, 2.75) is 23.5 Å². The normalized spacial score (nSPS) is 22.4. The maximum Gasteiger partial charge on any atom is 0.0577 e. The molecule has 0 aliphatic carbocycles. The molecule has 2 aromatic rings. The monoisotopic (exact) mass is 242 g/mol. The van der Waals surface area contributed by atoms with Crippen LogP contribution in [0.4, 0.5) is 0 Å². The number of benzene rings is 2. The van der Waals surface area contributed by atoms with Gasteiger partial charge in [0.05, 0.1) is 16.6 Å². The van der Waals surface area contributed by atoms with Gasteiger partial charge < -0.3 is 0 Å². The standard InChI is InChI=1S/C15H14OS/c1-11-13-7-3-2-6-12(13)10-17(16)15-9-5-4-8-14(11)15/h2-9,11H,10H2,1H3. The van der Waals surface area contributed by atoms with Crippen molar-refractivity contribution in [3.05, 3.63) is 65.2 Å². The number of hydrogen-bond donors (Lipinski definition) is 0. The van der Waals surface area contributed by atoms with E-state index in [4.69, 9.17) is 0 Å². The lowest BCUT2D eigenvalue weighted by molar-refractivity contribution is 0.682. The Morgan fingerprint density at radius 3 is 2.47 bits per heavy atom. The predicted octanol–water partition coefficient (Wildman–Crippen LogP) is 3.46. The summed E-state index contributed by atoms with van der Waals surface area (Å²) in [5, 5.41) is 0. The molecule has 0 N–H and O–H groups in total. The molecule has 2 heteroatoms. The SMILES string of the molecule is CC1c2ccccc2CS(=O)c2ccccc21. The first-order chi connectivity index (χ1) is 8.27. The van der Waals surface area contributed by atoms with E-state index in [1.807, 2.05) is 24.3 Å². The third-order valence-electron chi connectivity index (χ3n) is 3.44. The summed E-state index contributed by atoms with van der Waals surface area (Å²) in [5.74, 6) is 0.964. The second-order valence-corrected chi connectivity index (χ2v) is 5.87. The van der Waals surface area contributed by atoms with Crippen LogP contribution >= 0.6 is 0 Å². The van der Waals surface area contributed by atoms with Gasteiger partial charge in [0, 0.05) is 10.8 Å². The van der Waals surface area contributed by atoms with E-state index >= 15 is 0 Å². The van der Waals surface area contributed by atoms with E-state index in [1.54, 1.807) is 0 Å². The Morgan fingerprint density at radius 1 is 1.00 bits per heavy atom. The van der Waals surface area contributed by atoms with Crippen LogP contribution in [0.25, 0.3) is 0 Å². The molecule has 1 aliphatic heterocycles. The van der Waals surface area contributed by atoms with Crippen LogP contribution in [0.2, 0.25) is 0 Å². The fraction of sp³-hybridized carbons (Fsp3) is 0.200. The van der Waals surface area contributed by atoms with Crippen LogP contribution in [0.5, 0.6) is 0 Å². The summed E-state index contributed by atoms with van der Waals surface area (Å²) in [4.78, 5) is 0.996. The minimum atomic E-state index is -0.915. The zero-order valence-electron chi connectivity index (χ0n) is 9.72. The molecule has 2 aromatic carbocycles. The lowest BCUT2D eigenvalue weighted by Crippen LogP contribution is -1.98. The second-order valence-electron chi connectivity index (χ2n) is 4.45. The first kappa shape index (κ1) is 10.7. The van der Waals surface area contributed by atoms with Gasteiger partial charge in [0.15, 0.2) is 0 Å². The molecule has 86 valence electrons. The summed E-state index contributed by atoms with van der Waals surface area (Å²) in [6.45, 7) is 2.19. The van der Waals surface area contributed by atoms with Crippen molar-refractivity contribution in [3.63, 3.8) is 0 Å². The van der Waals surface area contributed by atoms with Crippen molar-refractivity contribution in [2.75, 3.05) is 0 Å². The van der Waals surface area contributed by atoms with Crippen molar-refractivity contribution in [2.24, 2.45) is 0 Å². The molecular formula is C15H14OS. The van der Waals surface area contributed by atoms with Crippen LogP contribution in [0.3, 0.4) is 0 Å². The van der Waals surface area contributed by atoms with Gasteiger partial charge in [-0.05, 0) is 22.8 Å². The fourth-order valence-electron chi connectivity index (χ4n) is 2.52. The average molecular weight is 242 g/mol. The first-order valence-electron chi connectivity index (χ1n) is 5.82. The smallest absolute Gasteiger partial charge is 0.0577 e. The van der Waals surface area contributed by atoms with Gasteiger partial charge >= 0.3 is 0 Å². The minimum Gasteiger partial charge on any atom is -0.254 e. The molecule has 3 rings (SSSR count). The maximum atomic E-state index is 12.3. The van der Waals surface area contributed by atoms with Gasteiger partial charge in [0.1, 0.15) is 0 Å². The fourth-order valence-corrected chi connectivity index (χ4v) is 3.96. The lowest BCUT2D eigenvalue weighted by Gasteiger charge is -2.14. The van der Waals surface area contributed by atoms with Crippen molar-refractivity contribution in [1.82, 2.24) is 0 Å². The molecule has 17 heavy (non-hydrogen) atoms. The number of fused-ring (bicyclic) bond motifs is 2. The molecular weight excluding hydrogens is 228 g/mol. The summed E-state index contributed by atoms with van der Waals surface area (Å²) in [6, 6.07) is 16.4. The Morgan fingerprint density at radius 2 is 1.65 bits per heavy atom. The van der Waals surface area contributed by atoms with Crippen molar-refractivity contribution in [1.29, 1.82) is 0 Å². The summed E-state index contributed by atoms with van der Waals surface area (Å²) in [5.41, 5.74) is 3.73. The van der Waals surface area contributed by atoms with E-state index in [2.05, 4.69) is 31.2 Å². The zero-order valence-corrected chi connectivity index (χ0v) is 10.5. The molecule has 2 unspecified atom stereocenters. The summed E-state index contributed by atoms with van der Waals surface area (Å²) >= 11 is 0. The predicted molar refractivity (Wildman–Crippen MR) is 70.5 cm³/mol. The van der Waals surface area contributed by atoms with E-state index in [9.17, 15) is 4.21 Å². The van der Waals surface area contributed by atoms with E-state index in [0.717, 1.165) is 4.90 Å². The zero-order chi connectivity index (χ0) is 11.8. The highest BCUT2D eigenvalue weighted by Crippen LogP contribution is 2.35. The molecule has 0 radical (unpaired) electrons. The Kier molecular flexibility index (Phi) is 2.60. The third-order valence-corrected chi connectivity index (χ3v) is 4.87.